The van der Waals surface area contributed by atoms with Crippen LogP contribution in [0.15, 0.2) is 176 Å². The van der Waals surface area contributed by atoms with Crippen molar-refractivity contribution in [3.63, 3.8) is 0 Å². The van der Waals surface area contributed by atoms with E-state index >= 15 is 0 Å². The van der Waals surface area contributed by atoms with E-state index in [1.807, 2.05) is 48.7 Å². The van der Waals surface area contributed by atoms with E-state index in [4.69, 9.17) is 18.6 Å². The van der Waals surface area contributed by atoms with Gasteiger partial charge in [0.25, 0.3) is 6.71 Å². The summed E-state index contributed by atoms with van der Waals surface area (Å²) >= 11 is 0. The molecule has 8 nitrogen and oxygen atoms in total. The van der Waals surface area contributed by atoms with Gasteiger partial charge in [-0.1, -0.05) is 110 Å². The van der Waals surface area contributed by atoms with Gasteiger partial charge in [0.2, 0.25) is 6.33 Å². The molecule has 0 spiro atoms. The van der Waals surface area contributed by atoms with Gasteiger partial charge >= 0.3 is 0 Å². The van der Waals surface area contributed by atoms with Crippen LogP contribution in [0.5, 0.6) is 23.0 Å². The van der Waals surface area contributed by atoms with Crippen LogP contribution in [-0.4, -0.2) is 20.8 Å². The Morgan fingerprint density at radius 2 is 1.33 bits per heavy atom. The Hall–Kier alpha value is -7.87. The second-order valence-corrected chi connectivity index (χ2v) is 18.6. The molecule has 3 aliphatic rings. The Kier molecular flexibility index (Phi) is 8.47. The molecule has 0 saturated heterocycles. The molecule has 3 aromatic heterocycles. The van der Waals surface area contributed by atoms with Crippen molar-refractivity contribution in [2.45, 2.75) is 26.2 Å². The summed E-state index contributed by atoms with van der Waals surface area (Å²) in [5.41, 5.74) is 14.3. The molecule has 0 atom stereocenters. The first-order valence-corrected chi connectivity index (χ1v) is 22.8. The molecule has 0 unspecified atom stereocenters. The number of fused-ring (bicyclic) bond motifs is 5. The fourth-order valence-corrected chi connectivity index (χ4v) is 10.8. The van der Waals surface area contributed by atoms with Crippen molar-refractivity contribution in [2.75, 3.05) is 9.80 Å². The first-order valence-electron chi connectivity index (χ1n) is 24.3. The van der Waals surface area contributed by atoms with E-state index in [2.05, 4.69) is 175 Å². The van der Waals surface area contributed by atoms with E-state index < -0.39 is 6.98 Å². The number of hydrogen-bond acceptors (Lipinski definition) is 5. The molecular weight excluding hydrogens is 1030 g/mol. The predicted octanol–water partition coefficient (Wildman–Crippen LogP) is 11.6. The summed E-state index contributed by atoms with van der Waals surface area (Å²) in [6, 6.07) is 64.9. The number of para-hydroxylation sites is 4. The third-order valence-corrected chi connectivity index (χ3v) is 13.7. The Bertz CT molecular complexity index is 4000. The van der Waals surface area contributed by atoms with Gasteiger partial charge in [0.05, 0.1) is 22.1 Å². The quantitative estimate of drug-likeness (QED) is 0.0943. The maximum absolute atomic E-state index is 8.21. The molecule has 10 heteroatoms. The predicted molar refractivity (Wildman–Crippen MR) is 272 cm³/mol. The van der Waals surface area contributed by atoms with E-state index in [1.165, 1.54) is 10.0 Å². The maximum Gasteiger partial charge on any atom is 0.261 e. The fourth-order valence-electron chi connectivity index (χ4n) is 10.8. The van der Waals surface area contributed by atoms with Crippen molar-refractivity contribution in [3.8, 4) is 34.5 Å². The molecule has 334 valence electrons. The van der Waals surface area contributed by atoms with Crippen LogP contribution in [0.25, 0.3) is 44.3 Å². The minimum Gasteiger partial charge on any atom is -0.510 e. The minimum atomic E-state index is -2.43. The van der Waals surface area contributed by atoms with Gasteiger partial charge in [-0.2, -0.15) is 18.2 Å². The molecule has 8 aromatic carbocycles. The van der Waals surface area contributed by atoms with Crippen LogP contribution in [0.1, 0.15) is 30.4 Å². The smallest absolute Gasteiger partial charge is 0.261 e. The molecule has 69 heavy (non-hydrogen) atoms. The Morgan fingerprint density at radius 3 is 2.07 bits per heavy atom. The number of benzene rings is 8. The molecule has 14 rings (SSSR count). The van der Waals surface area contributed by atoms with Gasteiger partial charge in [0, 0.05) is 78.4 Å². The average molecular weight is 1070 g/mol. The van der Waals surface area contributed by atoms with Gasteiger partial charge in [0.1, 0.15) is 17.3 Å². The van der Waals surface area contributed by atoms with Gasteiger partial charge in [-0.3, -0.25) is 0 Å². The molecule has 0 N–H and O–H groups in total. The zero-order valence-electron chi connectivity index (χ0n) is 40.6. The Labute approximate surface area is 418 Å². The summed E-state index contributed by atoms with van der Waals surface area (Å²) in [6.07, 6.45) is 4.96. The normalized spacial score (nSPS) is 14.0. The molecular formula is C59H41BN6O2Pt-2. The van der Waals surface area contributed by atoms with Crippen LogP contribution < -0.4 is 40.2 Å². The largest absolute Gasteiger partial charge is 0.510 e. The zero-order chi connectivity index (χ0) is 47.9. The number of rotatable bonds is 6. The monoisotopic (exact) mass is 1070 g/mol. The number of aromatic nitrogens is 4. The second-order valence-electron chi connectivity index (χ2n) is 18.6. The van der Waals surface area contributed by atoms with Gasteiger partial charge in [-0.25, -0.2) is 4.98 Å². The van der Waals surface area contributed by atoms with Crippen molar-refractivity contribution in [2.24, 2.45) is 6.98 Å². The van der Waals surface area contributed by atoms with Crippen molar-refractivity contribution in [3.05, 3.63) is 200 Å². The molecule has 0 aliphatic carbocycles. The molecule has 0 fully saturated rings. The molecule has 0 bridgehead atoms. The molecule has 6 heterocycles. The summed E-state index contributed by atoms with van der Waals surface area (Å²) in [5.74, 6) is 3.36. The summed E-state index contributed by atoms with van der Waals surface area (Å²) in [6.45, 7) is 4.11. The third kappa shape index (κ3) is 6.13. The Balaban J connectivity index is 0.00000504. The van der Waals surface area contributed by atoms with Crippen molar-refractivity contribution >= 4 is 90.1 Å². The molecule has 11 aromatic rings. The van der Waals surface area contributed by atoms with E-state index in [0.717, 1.165) is 89.7 Å². The van der Waals surface area contributed by atoms with Crippen LogP contribution in [-0.2, 0) is 33.5 Å². The minimum absolute atomic E-state index is 0. The van der Waals surface area contributed by atoms with Gasteiger partial charge in [-0.15, -0.1) is 24.3 Å². The zero-order valence-corrected chi connectivity index (χ0v) is 39.9. The molecule has 0 saturated carbocycles. The van der Waals surface area contributed by atoms with Gasteiger partial charge in [-0.05, 0) is 99.5 Å². The topological polar surface area (TPSA) is 51.6 Å². The van der Waals surface area contributed by atoms with Gasteiger partial charge < -0.3 is 33.0 Å². The number of aryl methyl sites for hydroxylation is 1. The number of nitrogens with zero attached hydrogens (tertiary/aromatic N) is 6. The standard InChI is InChI=1S/C59H41BN6O2.Pt/c1-59(2,3)37-30-31-61-53(32-37)66-48-34-42(67-41-21-13-20-40(33-41)63-36-62(4)44-22-11-12-23-45(44)63)28-29-43(48)54-49(66)35-50-57-58(54)65(39-18-9-6-10-19-39)47-25-15-27-52-56(47)60(57)55-46(24-14-26-51(55)68-52)64(50)38-16-7-5-8-17-38;/h5-32,35H,1-4H3;/q-2;/i4D3;. The third-order valence-electron chi connectivity index (χ3n) is 13.7. The maximum atomic E-state index is 8.21. The summed E-state index contributed by atoms with van der Waals surface area (Å²) in [4.78, 5) is 9.96. The van der Waals surface area contributed by atoms with Crippen molar-refractivity contribution in [1.82, 2.24) is 14.1 Å². The summed E-state index contributed by atoms with van der Waals surface area (Å²) in [5, 5.41) is 2.03. The van der Waals surface area contributed by atoms with E-state index in [-0.39, 0.29) is 33.2 Å². The average Bonchev–Trinajstić information content (AvgIpc) is 3.94. The number of hydrogen-bond donors (Lipinski definition) is 0. The summed E-state index contributed by atoms with van der Waals surface area (Å²) in [7, 11) is 0. The first kappa shape index (κ1) is 38.1. The number of anilines is 6. The van der Waals surface area contributed by atoms with Crippen molar-refractivity contribution in [1.29, 1.82) is 0 Å². The molecule has 0 amide bonds. The SMILES string of the molecule is [2H]C([2H])([2H])[n+]1[c-]n(-c2[c-]c(Oc3[c-]c4c(cc3)c3c5c6c(cc3n4-c3cc(C(C)(C)C)ccn3)N(c3ccccc3)c3cccc4c3B6c3c(cccc3N5c3ccccc3)O4)ccc2)c2ccccc21.[Pt]. The number of pyridine rings is 1. The van der Waals surface area contributed by atoms with Crippen LogP contribution in [0, 0.1) is 18.5 Å². The first-order chi connectivity index (χ1) is 34.5. The van der Waals surface area contributed by atoms with E-state index in [9.17, 15) is 0 Å². The molecule has 0 radical (unpaired) electrons. The van der Waals surface area contributed by atoms with Crippen LogP contribution >= 0.6 is 0 Å². The Morgan fingerprint density at radius 1 is 0.652 bits per heavy atom. The van der Waals surface area contributed by atoms with E-state index in [0.29, 0.717) is 28.2 Å². The fraction of sp³-hybridized carbons (Fsp3) is 0.0847. The van der Waals surface area contributed by atoms with Crippen molar-refractivity contribution < 1.29 is 39.2 Å². The van der Waals surface area contributed by atoms with Crippen LogP contribution in [0.4, 0.5) is 34.1 Å². The van der Waals surface area contributed by atoms with Crippen LogP contribution in [0.3, 0.4) is 0 Å². The number of ether oxygens (including phenoxy) is 2. The van der Waals surface area contributed by atoms with Gasteiger partial charge in [0.15, 0.2) is 0 Å². The summed E-state index contributed by atoms with van der Waals surface area (Å²) < 4.78 is 43.4. The molecule has 3 aliphatic heterocycles. The second kappa shape index (κ2) is 15.3. The van der Waals surface area contributed by atoms with E-state index in [1.54, 1.807) is 10.6 Å². The number of imidazole rings is 1. The van der Waals surface area contributed by atoms with Crippen LogP contribution in [0.2, 0.25) is 0 Å².